The Balaban J connectivity index is 2.23. The fraction of sp³-hybridized carbons (Fsp3) is 0.500. The Morgan fingerprint density at radius 1 is 1.25 bits per heavy atom. The van der Waals surface area contributed by atoms with Crippen LogP contribution in [0.1, 0.15) is 31.4 Å². The summed E-state index contributed by atoms with van der Waals surface area (Å²) < 4.78 is 63.9. The average molecular weight is 309 g/mol. The van der Waals surface area contributed by atoms with Crippen molar-refractivity contribution in [2.24, 2.45) is 0 Å². The lowest BCUT2D eigenvalue weighted by molar-refractivity contribution is -0.160. The summed E-state index contributed by atoms with van der Waals surface area (Å²) in [4.78, 5) is -0.252. The van der Waals surface area contributed by atoms with Gasteiger partial charge in [0.2, 0.25) is 10.0 Å². The molecule has 0 heterocycles. The lowest BCUT2D eigenvalue weighted by Gasteiger charge is -2.20. The number of rotatable bonds is 4. The number of hydrogen-bond acceptors (Lipinski definition) is 3. The molecule has 0 aliphatic heterocycles. The quantitative estimate of drug-likeness (QED) is 0.895. The van der Waals surface area contributed by atoms with Crippen molar-refractivity contribution in [1.29, 1.82) is 0 Å². The summed E-state index contributed by atoms with van der Waals surface area (Å²) in [5.74, 6) is 0. The van der Waals surface area contributed by atoms with E-state index >= 15 is 0 Å². The number of halogens is 3. The Morgan fingerprint density at radius 2 is 1.75 bits per heavy atom. The van der Waals surface area contributed by atoms with Crippen LogP contribution in [0.4, 0.5) is 13.2 Å². The van der Waals surface area contributed by atoms with Crippen molar-refractivity contribution in [2.75, 3.05) is 0 Å². The molecular formula is C12H14F3NO3S. The zero-order chi connectivity index (χ0) is 15.2. The maximum absolute atomic E-state index is 12.8. The minimum atomic E-state index is -4.60. The second kappa shape index (κ2) is 4.71. The third-order valence-electron chi connectivity index (χ3n) is 3.30. The van der Waals surface area contributed by atoms with E-state index in [0.717, 1.165) is 0 Å². The average Bonchev–Trinajstić information content (AvgIpc) is 3.09. The second-order valence-corrected chi connectivity index (χ2v) is 6.61. The van der Waals surface area contributed by atoms with Gasteiger partial charge in [0, 0.05) is 0 Å². The molecule has 0 saturated heterocycles. The molecule has 1 atom stereocenters. The Kier molecular flexibility index (Phi) is 3.60. The molecule has 0 aromatic heterocycles. The fourth-order valence-corrected chi connectivity index (χ4v) is 3.26. The third kappa shape index (κ3) is 2.82. The second-order valence-electron chi connectivity index (χ2n) is 4.93. The van der Waals surface area contributed by atoms with Crippen LogP contribution in [0.2, 0.25) is 0 Å². The first-order valence-electron chi connectivity index (χ1n) is 5.96. The van der Waals surface area contributed by atoms with Crippen molar-refractivity contribution in [2.45, 2.75) is 42.5 Å². The number of alkyl halides is 3. The van der Waals surface area contributed by atoms with Crippen LogP contribution >= 0.6 is 0 Å². The normalized spacial score (nSPS) is 19.6. The molecule has 2 rings (SSSR count). The molecular weight excluding hydrogens is 295 g/mol. The van der Waals surface area contributed by atoms with Crippen LogP contribution in [0.25, 0.3) is 0 Å². The molecule has 4 nitrogen and oxygen atoms in total. The number of hydrogen-bond donors (Lipinski definition) is 2. The highest BCUT2D eigenvalue weighted by Gasteiger charge is 2.65. The summed E-state index contributed by atoms with van der Waals surface area (Å²) >= 11 is 0. The summed E-state index contributed by atoms with van der Waals surface area (Å²) in [6.07, 6.45) is -5.87. The first-order chi connectivity index (χ1) is 9.07. The van der Waals surface area contributed by atoms with Crippen molar-refractivity contribution in [1.82, 2.24) is 4.72 Å². The number of aliphatic hydroxyl groups is 1. The van der Waals surface area contributed by atoms with Crippen molar-refractivity contribution in [3.05, 3.63) is 29.8 Å². The molecule has 1 fully saturated rings. The van der Waals surface area contributed by atoms with Gasteiger partial charge >= 0.3 is 6.18 Å². The minimum absolute atomic E-state index is 0.249. The van der Waals surface area contributed by atoms with E-state index in [2.05, 4.69) is 0 Å². The number of aliphatic hydroxyl groups excluding tert-OH is 1. The molecule has 1 aromatic rings. The first-order valence-corrected chi connectivity index (χ1v) is 7.44. The topological polar surface area (TPSA) is 66.4 Å². The van der Waals surface area contributed by atoms with Crippen LogP contribution in [0.5, 0.6) is 0 Å². The minimum Gasteiger partial charge on any atom is -0.389 e. The van der Waals surface area contributed by atoms with E-state index in [9.17, 15) is 26.7 Å². The van der Waals surface area contributed by atoms with Gasteiger partial charge in [-0.05, 0) is 37.5 Å². The third-order valence-corrected chi connectivity index (χ3v) is 4.85. The maximum Gasteiger partial charge on any atom is 0.407 e. The van der Waals surface area contributed by atoms with E-state index in [1.807, 2.05) is 0 Å². The SMILES string of the molecule is CC(O)c1ccc(S(=O)(=O)NC2(C(F)(F)F)CC2)cc1. The van der Waals surface area contributed by atoms with Gasteiger partial charge in [-0.3, -0.25) is 0 Å². The molecule has 0 amide bonds. The van der Waals surface area contributed by atoms with E-state index in [0.29, 0.717) is 5.56 Å². The van der Waals surface area contributed by atoms with Crippen LogP contribution in [-0.4, -0.2) is 25.2 Å². The monoisotopic (exact) mass is 309 g/mol. The Bertz CT molecular complexity index is 589. The highest BCUT2D eigenvalue weighted by atomic mass is 32.2. The van der Waals surface area contributed by atoms with E-state index in [4.69, 9.17) is 0 Å². The van der Waals surface area contributed by atoms with E-state index in [1.165, 1.54) is 31.2 Å². The van der Waals surface area contributed by atoms with Crippen LogP contribution in [0.3, 0.4) is 0 Å². The first kappa shape index (κ1) is 15.3. The fourth-order valence-electron chi connectivity index (χ4n) is 1.81. The highest BCUT2D eigenvalue weighted by Crippen LogP contribution is 2.49. The molecule has 1 aliphatic rings. The molecule has 8 heteroatoms. The maximum atomic E-state index is 12.8. The Hall–Kier alpha value is -1.12. The summed E-state index contributed by atoms with van der Waals surface area (Å²) in [5.41, 5.74) is -1.84. The molecule has 112 valence electrons. The van der Waals surface area contributed by atoms with Crippen LogP contribution < -0.4 is 4.72 Å². The van der Waals surface area contributed by atoms with Gasteiger partial charge in [-0.25, -0.2) is 8.42 Å². The van der Waals surface area contributed by atoms with Crippen molar-refractivity contribution in [3.8, 4) is 0 Å². The van der Waals surface area contributed by atoms with Crippen LogP contribution in [0, 0.1) is 0 Å². The molecule has 0 spiro atoms. The standard InChI is InChI=1S/C12H14F3NO3S/c1-8(17)9-2-4-10(5-3-9)20(18,19)16-11(6-7-11)12(13,14)15/h2-5,8,16-17H,6-7H2,1H3. The van der Waals surface area contributed by atoms with Gasteiger partial charge in [-0.1, -0.05) is 12.1 Å². The van der Waals surface area contributed by atoms with E-state index in [-0.39, 0.29) is 17.7 Å². The molecule has 1 aliphatic carbocycles. The van der Waals surface area contributed by atoms with E-state index in [1.54, 1.807) is 4.72 Å². The van der Waals surface area contributed by atoms with Crippen LogP contribution in [0.15, 0.2) is 29.2 Å². The smallest absolute Gasteiger partial charge is 0.389 e. The van der Waals surface area contributed by atoms with Gasteiger partial charge in [0.05, 0.1) is 11.0 Å². The molecule has 0 radical (unpaired) electrons. The van der Waals surface area contributed by atoms with Gasteiger partial charge in [0.1, 0.15) is 5.54 Å². The van der Waals surface area contributed by atoms with Gasteiger partial charge in [-0.15, -0.1) is 0 Å². The molecule has 20 heavy (non-hydrogen) atoms. The summed E-state index contributed by atoms with van der Waals surface area (Å²) in [6.45, 7) is 1.50. The predicted octanol–water partition coefficient (Wildman–Crippen LogP) is 2.11. The number of benzene rings is 1. The lowest BCUT2D eigenvalue weighted by atomic mass is 10.1. The zero-order valence-electron chi connectivity index (χ0n) is 10.6. The number of sulfonamides is 1. The van der Waals surface area contributed by atoms with Crippen molar-refractivity contribution >= 4 is 10.0 Å². The molecule has 2 N–H and O–H groups in total. The molecule has 1 unspecified atom stereocenters. The molecule has 0 bridgehead atoms. The summed E-state index contributed by atoms with van der Waals surface area (Å²) in [7, 11) is -4.23. The van der Waals surface area contributed by atoms with Gasteiger partial charge in [0.25, 0.3) is 0 Å². The summed E-state index contributed by atoms with van der Waals surface area (Å²) in [5, 5.41) is 9.31. The molecule has 1 aromatic carbocycles. The zero-order valence-corrected chi connectivity index (χ0v) is 11.4. The van der Waals surface area contributed by atoms with Crippen molar-refractivity contribution in [3.63, 3.8) is 0 Å². The van der Waals surface area contributed by atoms with Gasteiger partial charge < -0.3 is 5.11 Å². The van der Waals surface area contributed by atoms with Gasteiger partial charge in [-0.2, -0.15) is 17.9 Å². The lowest BCUT2D eigenvalue weighted by Crippen LogP contribution is -2.47. The Labute approximate surface area is 114 Å². The van der Waals surface area contributed by atoms with E-state index < -0.39 is 27.8 Å². The van der Waals surface area contributed by atoms with Crippen molar-refractivity contribution < 1.29 is 26.7 Å². The summed E-state index contributed by atoms with van der Waals surface area (Å²) in [6, 6.07) is 5.09. The largest absolute Gasteiger partial charge is 0.407 e. The number of nitrogens with one attached hydrogen (secondary N) is 1. The Morgan fingerprint density at radius 3 is 2.10 bits per heavy atom. The predicted molar refractivity (Wildman–Crippen MR) is 65.4 cm³/mol. The van der Waals surface area contributed by atoms with Gasteiger partial charge in [0.15, 0.2) is 0 Å². The highest BCUT2D eigenvalue weighted by molar-refractivity contribution is 7.89. The molecule has 1 saturated carbocycles. The van der Waals surface area contributed by atoms with Crippen LogP contribution in [-0.2, 0) is 10.0 Å².